The van der Waals surface area contributed by atoms with E-state index in [2.05, 4.69) is 5.43 Å². The topological polar surface area (TPSA) is 17.0 Å². The fourth-order valence-corrected chi connectivity index (χ4v) is 2.12. The molecular formula is C15H17F3N2. The van der Waals surface area contributed by atoms with E-state index in [1.165, 1.54) is 12.1 Å². The molecule has 1 unspecified atom stereocenters. The fraction of sp³-hybridized carbons (Fsp3) is 0.333. The lowest BCUT2D eigenvalue weighted by atomic mass is 10.1. The number of hydrogen-bond donors (Lipinski definition) is 1. The SMILES string of the molecule is Cc1ccc(C)n1NC(C)c1cccc(C(F)(F)F)c1. The Kier molecular flexibility index (Phi) is 3.79. The molecule has 1 aromatic heterocycles. The highest BCUT2D eigenvalue weighted by molar-refractivity contribution is 5.29. The molecule has 2 rings (SSSR count). The smallest absolute Gasteiger partial charge is 0.319 e. The van der Waals surface area contributed by atoms with Gasteiger partial charge in [-0.2, -0.15) is 13.2 Å². The monoisotopic (exact) mass is 282 g/mol. The van der Waals surface area contributed by atoms with Crippen molar-refractivity contribution in [2.24, 2.45) is 0 Å². The third-order valence-corrected chi connectivity index (χ3v) is 3.31. The Bertz CT molecular complexity index is 580. The molecule has 2 nitrogen and oxygen atoms in total. The third kappa shape index (κ3) is 2.98. The van der Waals surface area contributed by atoms with E-state index in [0.717, 1.165) is 17.5 Å². The van der Waals surface area contributed by atoms with Crippen LogP contribution in [0.4, 0.5) is 13.2 Å². The van der Waals surface area contributed by atoms with Crippen molar-refractivity contribution in [3.05, 3.63) is 58.9 Å². The molecule has 0 aliphatic rings. The van der Waals surface area contributed by atoms with Crippen LogP contribution in [-0.2, 0) is 6.18 Å². The van der Waals surface area contributed by atoms with Gasteiger partial charge in [-0.1, -0.05) is 12.1 Å². The molecule has 108 valence electrons. The molecule has 0 radical (unpaired) electrons. The van der Waals surface area contributed by atoms with Gasteiger partial charge in [0, 0.05) is 11.4 Å². The number of hydrogen-bond acceptors (Lipinski definition) is 1. The predicted octanol–water partition coefficient (Wildman–Crippen LogP) is 4.43. The summed E-state index contributed by atoms with van der Waals surface area (Å²) in [4.78, 5) is 0. The van der Waals surface area contributed by atoms with E-state index in [-0.39, 0.29) is 6.04 Å². The molecule has 20 heavy (non-hydrogen) atoms. The maximum absolute atomic E-state index is 12.7. The lowest BCUT2D eigenvalue weighted by molar-refractivity contribution is -0.137. The highest BCUT2D eigenvalue weighted by atomic mass is 19.4. The summed E-state index contributed by atoms with van der Waals surface area (Å²) in [6.07, 6.45) is -4.31. The van der Waals surface area contributed by atoms with E-state index < -0.39 is 11.7 Å². The number of alkyl halides is 3. The first-order valence-electron chi connectivity index (χ1n) is 6.37. The molecule has 0 aliphatic carbocycles. The number of aryl methyl sites for hydroxylation is 2. The van der Waals surface area contributed by atoms with Gasteiger partial charge in [-0.3, -0.25) is 4.68 Å². The van der Waals surface area contributed by atoms with Gasteiger partial charge in [-0.25, -0.2) is 0 Å². The molecule has 0 bridgehead atoms. The standard InChI is InChI=1S/C15H17F3N2/c1-10-7-8-11(2)20(10)19-12(3)13-5-4-6-14(9-13)15(16,17)18/h4-9,12,19H,1-3H3. The van der Waals surface area contributed by atoms with Gasteiger partial charge in [0.05, 0.1) is 11.6 Å². The van der Waals surface area contributed by atoms with Crippen LogP contribution in [0.25, 0.3) is 0 Å². The summed E-state index contributed by atoms with van der Waals surface area (Å²) in [5.74, 6) is 0. The first kappa shape index (κ1) is 14.5. The largest absolute Gasteiger partial charge is 0.416 e. The van der Waals surface area contributed by atoms with Crippen molar-refractivity contribution < 1.29 is 13.2 Å². The molecule has 0 saturated heterocycles. The van der Waals surface area contributed by atoms with Crippen LogP contribution in [0.5, 0.6) is 0 Å². The maximum atomic E-state index is 12.7. The Hall–Kier alpha value is -1.91. The molecule has 1 atom stereocenters. The molecule has 5 heteroatoms. The molecule has 0 spiro atoms. The van der Waals surface area contributed by atoms with Gasteiger partial charge >= 0.3 is 6.18 Å². The highest BCUT2D eigenvalue weighted by Crippen LogP contribution is 2.30. The van der Waals surface area contributed by atoms with Crippen molar-refractivity contribution in [2.75, 3.05) is 5.43 Å². The highest BCUT2D eigenvalue weighted by Gasteiger charge is 2.30. The second-order valence-electron chi connectivity index (χ2n) is 4.93. The van der Waals surface area contributed by atoms with Gasteiger partial charge in [0.15, 0.2) is 0 Å². The van der Waals surface area contributed by atoms with Crippen LogP contribution in [0, 0.1) is 13.8 Å². The van der Waals surface area contributed by atoms with Gasteiger partial charge < -0.3 is 5.43 Å². The van der Waals surface area contributed by atoms with Crippen molar-refractivity contribution in [2.45, 2.75) is 33.0 Å². The molecule has 2 aromatic rings. The van der Waals surface area contributed by atoms with Crippen molar-refractivity contribution in [1.29, 1.82) is 0 Å². The van der Waals surface area contributed by atoms with Gasteiger partial charge in [0.1, 0.15) is 0 Å². The molecule has 0 fully saturated rings. The molecule has 1 heterocycles. The number of rotatable bonds is 3. The second kappa shape index (κ2) is 5.23. The van der Waals surface area contributed by atoms with Crippen molar-refractivity contribution in [3.8, 4) is 0 Å². The Morgan fingerprint density at radius 1 is 1.05 bits per heavy atom. The molecular weight excluding hydrogens is 265 g/mol. The minimum atomic E-state index is -4.31. The molecule has 0 saturated carbocycles. The summed E-state index contributed by atoms with van der Waals surface area (Å²) in [7, 11) is 0. The number of nitrogens with zero attached hydrogens (tertiary/aromatic N) is 1. The van der Waals surface area contributed by atoms with Crippen LogP contribution < -0.4 is 5.43 Å². The minimum Gasteiger partial charge on any atom is -0.319 e. The predicted molar refractivity (Wildman–Crippen MR) is 73.1 cm³/mol. The van der Waals surface area contributed by atoms with E-state index in [4.69, 9.17) is 0 Å². The van der Waals surface area contributed by atoms with Crippen LogP contribution in [0.3, 0.4) is 0 Å². The second-order valence-corrected chi connectivity index (χ2v) is 4.93. The summed E-state index contributed by atoms with van der Waals surface area (Å²) in [5.41, 5.74) is 5.22. The summed E-state index contributed by atoms with van der Waals surface area (Å²) < 4.78 is 40.0. The van der Waals surface area contributed by atoms with Crippen molar-refractivity contribution in [1.82, 2.24) is 4.68 Å². The lowest BCUT2D eigenvalue weighted by Crippen LogP contribution is -2.21. The third-order valence-electron chi connectivity index (χ3n) is 3.31. The Morgan fingerprint density at radius 2 is 1.65 bits per heavy atom. The number of halogens is 3. The van der Waals surface area contributed by atoms with Gasteiger partial charge in [-0.05, 0) is 50.6 Å². The Labute approximate surface area is 116 Å². The fourth-order valence-electron chi connectivity index (χ4n) is 2.12. The number of benzene rings is 1. The molecule has 1 aromatic carbocycles. The molecule has 1 N–H and O–H groups in total. The van der Waals surface area contributed by atoms with Crippen LogP contribution in [0.2, 0.25) is 0 Å². The lowest BCUT2D eigenvalue weighted by Gasteiger charge is -2.20. The van der Waals surface area contributed by atoms with Crippen molar-refractivity contribution in [3.63, 3.8) is 0 Å². The van der Waals surface area contributed by atoms with E-state index in [1.807, 2.05) is 37.6 Å². The van der Waals surface area contributed by atoms with Crippen LogP contribution in [0.15, 0.2) is 36.4 Å². The average molecular weight is 282 g/mol. The van der Waals surface area contributed by atoms with Crippen LogP contribution in [0.1, 0.15) is 35.5 Å². The summed E-state index contributed by atoms with van der Waals surface area (Å²) in [6, 6.07) is 9.10. The number of aromatic nitrogens is 1. The summed E-state index contributed by atoms with van der Waals surface area (Å²) in [5, 5.41) is 0. The minimum absolute atomic E-state index is 0.220. The zero-order valence-electron chi connectivity index (χ0n) is 11.6. The van der Waals surface area contributed by atoms with Crippen LogP contribution in [-0.4, -0.2) is 4.68 Å². The first-order valence-corrected chi connectivity index (χ1v) is 6.37. The summed E-state index contributed by atoms with van der Waals surface area (Å²) >= 11 is 0. The normalized spacial score (nSPS) is 13.3. The zero-order valence-corrected chi connectivity index (χ0v) is 11.6. The maximum Gasteiger partial charge on any atom is 0.416 e. The van der Waals surface area contributed by atoms with Gasteiger partial charge in [0.25, 0.3) is 0 Å². The Balaban J connectivity index is 2.24. The zero-order chi connectivity index (χ0) is 14.9. The molecule has 0 amide bonds. The quantitative estimate of drug-likeness (QED) is 0.881. The van der Waals surface area contributed by atoms with Crippen LogP contribution >= 0.6 is 0 Å². The van der Waals surface area contributed by atoms with E-state index >= 15 is 0 Å². The van der Waals surface area contributed by atoms with Crippen molar-refractivity contribution >= 4 is 0 Å². The van der Waals surface area contributed by atoms with E-state index in [1.54, 1.807) is 6.07 Å². The molecule has 0 aliphatic heterocycles. The van der Waals surface area contributed by atoms with E-state index in [9.17, 15) is 13.2 Å². The van der Waals surface area contributed by atoms with E-state index in [0.29, 0.717) is 5.56 Å². The Morgan fingerprint density at radius 3 is 2.20 bits per heavy atom. The summed E-state index contributed by atoms with van der Waals surface area (Å²) in [6.45, 7) is 5.73. The van der Waals surface area contributed by atoms with Gasteiger partial charge in [0.2, 0.25) is 0 Å². The number of nitrogens with one attached hydrogen (secondary N) is 1. The average Bonchev–Trinajstić information content (AvgIpc) is 2.69. The van der Waals surface area contributed by atoms with Gasteiger partial charge in [-0.15, -0.1) is 0 Å². The first-order chi connectivity index (χ1) is 9.29.